The second kappa shape index (κ2) is 34.5. The van der Waals surface area contributed by atoms with E-state index in [1.165, 1.54) is 6.92 Å². The third-order valence-corrected chi connectivity index (χ3v) is 18.2. The van der Waals surface area contributed by atoms with Crippen LogP contribution in [0.2, 0.25) is 0 Å². The Morgan fingerprint density at radius 3 is 0.784 bits per heavy atom. The molecule has 15 heterocycles. The maximum atomic E-state index is 11.6. The molecule has 0 aromatic rings. The van der Waals surface area contributed by atoms with Crippen LogP contribution in [0.25, 0.3) is 0 Å². The average Bonchev–Trinajstić information content (AvgIpc) is 1.15. The molecule has 0 aromatic carbocycles. The predicted molar refractivity (Wildman–Crippen MR) is 294 cm³/mol. The second-order valence-corrected chi connectivity index (χ2v) is 24.0. The summed E-state index contributed by atoms with van der Waals surface area (Å²) in [5.74, 6) is -4.14. The summed E-state index contributed by atoms with van der Waals surface area (Å²) < 4.78 is 92.8. The quantitative estimate of drug-likeness (QED) is 0.0808. The summed E-state index contributed by atoms with van der Waals surface area (Å²) in [6.45, 7) is 1.39. The van der Waals surface area contributed by atoms with E-state index >= 15 is 0 Å². The lowest BCUT2D eigenvalue weighted by molar-refractivity contribution is -0.392. The molecule has 15 rings (SSSR count). The fraction of sp³-hybridized carbons (Fsp3) is 1.00. The summed E-state index contributed by atoms with van der Waals surface area (Å²) >= 11 is 49.8. The Balaban J connectivity index is 1.19. The minimum atomic E-state index is -2.62. The summed E-state index contributed by atoms with van der Waals surface area (Å²) in [6, 6.07) is 0. The first kappa shape index (κ1) is 76.4. The van der Waals surface area contributed by atoms with Crippen molar-refractivity contribution < 1.29 is 157 Å². The highest BCUT2D eigenvalue weighted by atomic mass is 35.5. The van der Waals surface area contributed by atoms with Gasteiger partial charge in [0.2, 0.25) is 0 Å². The van der Waals surface area contributed by atoms with Crippen LogP contribution < -0.4 is 0 Å². The molecule has 38 atom stereocenters. The van der Waals surface area contributed by atoms with E-state index in [4.69, 9.17) is 169 Å². The van der Waals surface area contributed by atoms with Crippen molar-refractivity contribution in [1.29, 1.82) is 0 Å². The van der Waals surface area contributed by atoms with Crippen LogP contribution in [0.5, 0.6) is 0 Å². The number of ether oxygens (including phenoxy) is 16. The van der Waals surface area contributed by atoms with E-state index in [0.29, 0.717) is 0 Å². The van der Waals surface area contributed by atoms with E-state index in [9.17, 15) is 81.7 Å². The lowest BCUT2D eigenvalue weighted by Crippen LogP contribution is -2.68. The molecular formula is C48H76Cl8O32. The molecule has 40 heteroatoms. The first-order valence-corrected chi connectivity index (χ1v) is 31.8. The van der Waals surface area contributed by atoms with Gasteiger partial charge in [-0.15, -0.1) is 92.8 Å². The molecule has 0 aliphatic carbocycles. The first-order chi connectivity index (χ1) is 41.8. The monoisotopic (exact) mass is 1440 g/mol. The Hall–Kier alpha value is 1.04. The minimum absolute atomic E-state index is 0.289. The normalized spacial score (nSPS) is 51.5. The molecule has 516 valence electrons. The van der Waals surface area contributed by atoms with Crippen LogP contribution in [-0.4, -0.2) is 369 Å². The lowest BCUT2D eigenvalue weighted by atomic mass is 9.95. The highest BCUT2D eigenvalue weighted by molar-refractivity contribution is 6.19. The molecule has 0 aromatic heterocycles. The summed E-state index contributed by atoms with van der Waals surface area (Å²) in [5, 5.41) is 184. The Labute approximate surface area is 542 Å². The highest BCUT2D eigenvalue weighted by Gasteiger charge is 2.59. The first-order valence-electron chi connectivity index (χ1n) is 27.5. The topological polar surface area (TPSA) is 471 Å². The van der Waals surface area contributed by atoms with Crippen molar-refractivity contribution in [3.63, 3.8) is 0 Å². The van der Waals surface area contributed by atoms with Gasteiger partial charge >= 0.3 is 0 Å². The molecule has 0 radical (unpaired) electrons. The van der Waals surface area contributed by atoms with Gasteiger partial charge in [0, 0.05) is 13.0 Å². The van der Waals surface area contributed by atoms with Crippen molar-refractivity contribution in [3.05, 3.63) is 0 Å². The van der Waals surface area contributed by atoms with E-state index in [1.54, 1.807) is 0 Å². The number of hydrogen-bond donors (Lipinski definition) is 16. The fourth-order valence-electron chi connectivity index (χ4n) is 10.7. The van der Waals surface area contributed by atoms with Gasteiger partial charge < -0.3 is 157 Å². The summed E-state index contributed by atoms with van der Waals surface area (Å²) in [7, 11) is 1.10. The van der Waals surface area contributed by atoms with E-state index in [0.717, 1.165) is 7.11 Å². The Bertz CT molecular complexity index is 2060. The maximum Gasteiger partial charge on any atom is 0.189 e. The Morgan fingerprint density at radius 1 is 0.295 bits per heavy atom. The summed E-state index contributed by atoms with van der Waals surface area (Å²) in [5.41, 5.74) is 0. The number of rotatable bonds is 12. The maximum absolute atomic E-state index is 11.6. The molecule has 0 spiro atoms. The molecule has 15 aliphatic heterocycles. The smallest absolute Gasteiger partial charge is 0.189 e. The van der Waals surface area contributed by atoms with Crippen LogP contribution in [0.4, 0.5) is 0 Å². The van der Waals surface area contributed by atoms with Crippen LogP contribution in [0, 0.1) is 0 Å². The zero-order valence-electron chi connectivity index (χ0n) is 46.3. The van der Waals surface area contributed by atoms with Gasteiger partial charge in [0.1, 0.15) is 159 Å². The third-order valence-electron chi connectivity index (χ3n) is 15.7. The number of methoxy groups -OCH3 is 1. The molecule has 0 amide bonds. The molecular weight excluding hydrogens is 1370 g/mol. The zero-order chi connectivity index (χ0) is 64.9. The van der Waals surface area contributed by atoms with E-state index in [2.05, 4.69) is 0 Å². The summed E-state index contributed by atoms with van der Waals surface area (Å²) in [6.07, 6.45) is -72.9. The molecule has 38 unspecified atom stereocenters. The Kier molecular flexibility index (Phi) is 30.0. The van der Waals surface area contributed by atoms with Gasteiger partial charge in [-0.3, -0.25) is 0 Å². The molecule has 32 nitrogen and oxygen atoms in total. The highest BCUT2D eigenvalue weighted by Crippen LogP contribution is 2.39. The number of aliphatic hydroxyl groups is 16. The van der Waals surface area contributed by atoms with Gasteiger partial charge in [-0.2, -0.15) is 0 Å². The van der Waals surface area contributed by atoms with E-state index < -0.39 is 275 Å². The number of fused-ring (bicyclic) bond motifs is 2. The predicted octanol–water partition coefficient (Wildman–Crippen LogP) is -6.59. The van der Waals surface area contributed by atoms with Gasteiger partial charge in [-0.25, -0.2) is 0 Å². The molecule has 16 N–H and O–H groups in total. The molecule has 12 bridgehead atoms. The van der Waals surface area contributed by atoms with Gasteiger partial charge in [-0.05, 0) is 6.92 Å². The van der Waals surface area contributed by atoms with Gasteiger partial charge in [0.15, 0.2) is 62.7 Å². The SMILES string of the molecule is COC(CCl)C1OC2OC(CCl)C(OC3OC(CCl)C(OC4OC(CCl)C(OC5OC(CCl)C(OC6OC(CCl)C(OC7OC(CCl)C(OC(OC(C)CCl)C(O)C(O)OC(O)C1O)C(O)C7O)C(O)C6O)C(O)C5O)C(O)C4O)C(O)C3O)C(O)C2O. The molecule has 88 heavy (non-hydrogen) atoms. The van der Waals surface area contributed by atoms with Crippen LogP contribution in [0.15, 0.2) is 0 Å². The molecule has 15 aliphatic rings. The van der Waals surface area contributed by atoms with Crippen LogP contribution in [0.1, 0.15) is 6.92 Å². The summed E-state index contributed by atoms with van der Waals surface area (Å²) in [4.78, 5) is 0. The van der Waals surface area contributed by atoms with Crippen molar-refractivity contribution in [3.8, 4) is 0 Å². The Morgan fingerprint density at radius 2 is 0.545 bits per heavy atom. The van der Waals surface area contributed by atoms with Crippen molar-refractivity contribution in [2.45, 2.75) is 241 Å². The van der Waals surface area contributed by atoms with Gasteiger partial charge in [0.05, 0.1) is 53.4 Å². The van der Waals surface area contributed by atoms with Crippen molar-refractivity contribution >= 4 is 92.8 Å². The molecule has 15 fully saturated rings. The number of hydrogen-bond acceptors (Lipinski definition) is 32. The average molecular weight is 1450 g/mol. The molecule has 15 saturated heterocycles. The van der Waals surface area contributed by atoms with E-state index in [-0.39, 0.29) is 5.88 Å². The largest absolute Gasteiger partial charge is 0.387 e. The third kappa shape index (κ3) is 16.9. The lowest BCUT2D eigenvalue weighted by Gasteiger charge is -2.50. The zero-order valence-corrected chi connectivity index (χ0v) is 52.4. The standard InChI is InChI=1S/C48H76Cl8O32/c1-11(3-49)74-48-32(70)41(72)88-40(71)31(69)33(12(4-50)73-2)81-42-25(63)19(57)34(13(5-51)75-42)82-43-26(64)20(58)35(14(6-52)76-43)83-44-27(65)21(59)36(15(7-53)77-44)84-45-28(66)22(60)37(16(8-54)78-45)85-46-29(67)23(61)38(17(9-55)79-46)86-47-30(68)24(62)39(87-48)18(10-56)80-47/h11-48,57-72H,3-10H2,1-2H3. The van der Waals surface area contributed by atoms with Crippen molar-refractivity contribution in [2.24, 2.45) is 0 Å². The van der Waals surface area contributed by atoms with Crippen LogP contribution >= 0.6 is 92.8 Å². The van der Waals surface area contributed by atoms with Gasteiger partial charge in [-0.1, -0.05) is 0 Å². The van der Waals surface area contributed by atoms with Crippen molar-refractivity contribution in [1.82, 2.24) is 0 Å². The number of alkyl halides is 8. The van der Waals surface area contributed by atoms with Crippen LogP contribution in [-0.2, 0) is 75.8 Å². The number of halogens is 8. The fourth-order valence-corrected chi connectivity index (χ4v) is 12.5. The van der Waals surface area contributed by atoms with E-state index in [1.807, 2.05) is 0 Å². The molecule has 0 saturated carbocycles. The number of aliphatic hydroxyl groups excluding tert-OH is 16. The van der Waals surface area contributed by atoms with Gasteiger partial charge in [0.25, 0.3) is 0 Å². The minimum Gasteiger partial charge on any atom is -0.387 e. The second-order valence-electron chi connectivity index (χ2n) is 21.6. The van der Waals surface area contributed by atoms with Crippen LogP contribution in [0.3, 0.4) is 0 Å². The van der Waals surface area contributed by atoms with Crippen molar-refractivity contribution in [2.75, 3.05) is 54.1 Å².